The zero-order valence-electron chi connectivity index (χ0n) is 8.91. The highest BCUT2D eigenvalue weighted by Gasteiger charge is 2.33. The molecule has 12 heteroatoms. The van der Waals surface area contributed by atoms with Crippen molar-refractivity contribution < 1.29 is 39.0 Å². The Bertz CT molecular complexity index is 714. The fourth-order valence-corrected chi connectivity index (χ4v) is 2.30. The van der Waals surface area contributed by atoms with Crippen molar-refractivity contribution in [2.75, 3.05) is 11.0 Å². The summed E-state index contributed by atoms with van der Waals surface area (Å²) >= 11 is 0. The quantitative estimate of drug-likeness (QED) is 0.488. The summed E-state index contributed by atoms with van der Waals surface area (Å²) in [5, 5.41) is 0. The van der Waals surface area contributed by atoms with Crippen LogP contribution < -0.4 is 4.72 Å². The molecule has 0 radical (unpaired) electrons. The van der Waals surface area contributed by atoms with Gasteiger partial charge in [0.2, 0.25) is 10.0 Å². The summed E-state index contributed by atoms with van der Waals surface area (Å²) in [6.07, 6.45) is 0.443. The number of anilines is 1. The summed E-state index contributed by atoms with van der Waals surface area (Å²) in [7, 11) is -9.86. The highest BCUT2D eigenvalue weighted by atomic mass is 32.2. The van der Waals surface area contributed by atoms with Gasteiger partial charge in [-0.3, -0.25) is 9.27 Å². The Morgan fingerprint density at radius 2 is 1.26 bits per heavy atom. The largest absolute Gasteiger partial charge is 0.300 e. The van der Waals surface area contributed by atoms with E-state index < -0.39 is 54.0 Å². The van der Waals surface area contributed by atoms with Crippen LogP contribution in [0.5, 0.6) is 0 Å². The Hall–Kier alpha value is -1.40. The molecule has 19 heavy (non-hydrogen) atoms. The van der Waals surface area contributed by atoms with Crippen molar-refractivity contribution in [3.05, 3.63) is 23.3 Å². The zero-order valence-corrected chi connectivity index (χ0v) is 10.5. The van der Waals surface area contributed by atoms with Crippen LogP contribution in [0.3, 0.4) is 0 Å². The smallest absolute Gasteiger partial charge is 0.282 e. The van der Waals surface area contributed by atoms with Gasteiger partial charge in [0.1, 0.15) is 5.69 Å². The second-order valence-corrected chi connectivity index (χ2v) is 6.42. The molecular formula is C7H5F4NO5S2. The first-order valence-corrected chi connectivity index (χ1v) is 7.50. The molecular weight excluding hydrogens is 318 g/mol. The van der Waals surface area contributed by atoms with Crippen molar-refractivity contribution in [2.45, 2.75) is 4.90 Å². The molecule has 0 bridgehead atoms. The molecule has 0 saturated heterocycles. The van der Waals surface area contributed by atoms with Gasteiger partial charge in [-0.1, -0.05) is 0 Å². The van der Waals surface area contributed by atoms with Crippen LogP contribution in [-0.4, -0.2) is 27.6 Å². The summed E-state index contributed by atoms with van der Waals surface area (Å²) in [4.78, 5) is -2.25. The molecule has 6 nitrogen and oxygen atoms in total. The second-order valence-electron chi connectivity index (χ2n) is 3.31. The molecule has 0 aliphatic rings. The first-order valence-electron chi connectivity index (χ1n) is 4.17. The fourth-order valence-electron chi connectivity index (χ4n) is 1.11. The lowest BCUT2D eigenvalue weighted by atomic mass is 10.2. The summed E-state index contributed by atoms with van der Waals surface area (Å²) in [5.74, 6) is -9.52. The van der Waals surface area contributed by atoms with E-state index in [4.69, 9.17) is 4.55 Å². The second kappa shape index (κ2) is 4.61. The lowest BCUT2D eigenvalue weighted by Crippen LogP contribution is -2.17. The van der Waals surface area contributed by atoms with Gasteiger partial charge in [-0.2, -0.15) is 8.42 Å². The van der Waals surface area contributed by atoms with Gasteiger partial charge in [0.05, 0.1) is 6.26 Å². The Morgan fingerprint density at radius 1 is 0.895 bits per heavy atom. The maximum Gasteiger partial charge on any atom is 0.300 e. The molecule has 1 aromatic carbocycles. The molecule has 0 fully saturated rings. The van der Waals surface area contributed by atoms with Crippen LogP contribution in [0.15, 0.2) is 4.90 Å². The molecule has 1 rings (SSSR count). The Labute approximate surface area is 104 Å². The molecule has 0 heterocycles. The zero-order chi connectivity index (χ0) is 15.2. The highest BCUT2D eigenvalue weighted by molar-refractivity contribution is 7.92. The van der Waals surface area contributed by atoms with Crippen molar-refractivity contribution in [3.63, 3.8) is 0 Å². The van der Waals surface area contributed by atoms with Crippen molar-refractivity contribution in [3.8, 4) is 0 Å². The van der Waals surface area contributed by atoms with Crippen molar-refractivity contribution in [1.29, 1.82) is 0 Å². The molecule has 0 unspecified atom stereocenters. The van der Waals surface area contributed by atoms with Crippen LogP contribution in [0.2, 0.25) is 0 Å². The van der Waals surface area contributed by atoms with E-state index in [-0.39, 0.29) is 0 Å². The molecule has 0 atom stereocenters. The van der Waals surface area contributed by atoms with Gasteiger partial charge in [-0.15, -0.1) is 0 Å². The van der Waals surface area contributed by atoms with Crippen LogP contribution in [0.1, 0.15) is 0 Å². The topological polar surface area (TPSA) is 101 Å². The van der Waals surface area contributed by atoms with Crippen molar-refractivity contribution >= 4 is 25.8 Å². The van der Waals surface area contributed by atoms with Crippen LogP contribution in [0, 0.1) is 23.3 Å². The van der Waals surface area contributed by atoms with E-state index in [1.165, 1.54) is 0 Å². The third kappa shape index (κ3) is 3.13. The van der Waals surface area contributed by atoms with Crippen LogP contribution in [-0.2, 0) is 20.1 Å². The molecule has 0 amide bonds. The highest BCUT2D eigenvalue weighted by Crippen LogP contribution is 2.31. The Kier molecular flexibility index (Phi) is 3.80. The van der Waals surface area contributed by atoms with E-state index >= 15 is 0 Å². The van der Waals surface area contributed by atoms with Gasteiger partial charge < -0.3 is 0 Å². The summed E-state index contributed by atoms with van der Waals surface area (Å²) in [6, 6.07) is 0. The molecule has 0 saturated carbocycles. The molecule has 1 aromatic rings. The fraction of sp³-hybridized carbons (Fsp3) is 0.143. The summed E-state index contributed by atoms with van der Waals surface area (Å²) in [6.45, 7) is 0. The summed E-state index contributed by atoms with van der Waals surface area (Å²) < 4.78 is 105. The Morgan fingerprint density at radius 3 is 1.53 bits per heavy atom. The average Bonchev–Trinajstić information content (AvgIpc) is 2.18. The minimum atomic E-state index is -5.58. The number of hydrogen-bond donors (Lipinski definition) is 2. The van der Waals surface area contributed by atoms with Gasteiger partial charge in [-0.05, 0) is 0 Å². The van der Waals surface area contributed by atoms with E-state index in [1.807, 2.05) is 0 Å². The van der Waals surface area contributed by atoms with E-state index in [1.54, 1.807) is 0 Å². The summed E-state index contributed by atoms with van der Waals surface area (Å²) in [5.41, 5.74) is -1.73. The Balaban J connectivity index is 3.77. The number of halogens is 4. The average molecular weight is 323 g/mol. The van der Waals surface area contributed by atoms with Gasteiger partial charge >= 0.3 is 10.1 Å². The normalized spacial score (nSPS) is 12.5. The van der Waals surface area contributed by atoms with Crippen molar-refractivity contribution in [1.82, 2.24) is 0 Å². The van der Waals surface area contributed by atoms with Crippen LogP contribution in [0.4, 0.5) is 23.2 Å². The van der Waals surface area contributed by atoms with Gasteiger partial charge in [0.15, 0.2) is 28.2 Å². The predicted octanol–water partition coefficient (Wildman–Crippen LogP) is 0.861. The van der Waals surface area contributed by atoms with Crippen LogP contribution in [0.25, 0.3) is 0 Å². The van der Waals surface area contributed by atoms with E-state index in [0.717, 1.165) is 4.72 Å². The standard InChI is InChI=1S/C7H5F4NO5S2/c1-18(13,14)12-6-2(8)4(10)7(19(15,16)17)5(11)3(6)9/h12H,1H3,(H,15,16,17). The molecule has 0 aromatic heterocycles. The molecule has 0 aliphatic heterocycles. The maximum absolute atomic E-state index is 13.3. The third-order valence-electron chi connectivity index (χ3n) is 1.77. The number of hydrogen-bond acceptors (Lipinski definition) is 4. The van der Waals surface area contributed by atoms with Crippen LogP contribution >= 0.6 is 0 Å². The maximum atomic E-state index is 13.3. The van der Waals surface area contributed by atoms with E-state index in [9.17, 15) is 34.4 Å². The minimum absolute atomic E-state index is 0.443. The molecule has 0 spiro atoms. The lowest BCUT2D eigenvalue weighted by Gasteiger charge is -2.10. The molecule has 0 aliphatic carbocycles. The van der Waals surface area contributed by atoms with Gasteiger partial charge in [0.25, 0.3) is 0 Å². The van der Waals surface area contributed by atoms with E-state index in [2.05, 4.69) is 0 Å². The number of sulfonamides is 1. The first kappa shape index (κ1) is 15.7. The van der Waals surface area contributed by atoms with Gasteiger partial charge in [-0.25, -0.2) is 26.0 Å². The van der Waals surface area contributed by atoms with Gasteiger partial charge in [0, 0.05) is 0 Å². The molecule has 108 valence electrons. The van der Waals surface area contributed by atoms with Crippen molar-refractivity contribution in [2.24, 2.45) is 0 Å². The first-order chi connectivity index (χ1) is 8.36. The SMILES string of the molecule is CS(=O)(=O)Nc1c(F)c(F)c(S(=O)(=O)O)c(F)c1F. The number of benzene rings is 1. The lowest BCUT2D eigenvalue weighted by molar-refractivity contribution is 0.407. The predicted molar refractivity (Wildman–Crippen MR) is 54.6 cm³/mol. The molecule has 2 N–H and O–H groups in total. The number of nitrogens with one attached hydrogen (secondary N) is 1. The third-order valence-corrected chi connectivity index (χ3v) is 3.22. The van der Waals surface area contributed by atoms with E-state index in [0.29, 0.717) is 6.26 Å². The number of rotatable bonds is 3. The monoisotopic (exact) mass is 323 g/mol. The minimum Gasteiger partial charge on any atom is -0.282 e.